The quantitative estimate of drug-likeness (QED) is 0.166. The first-order valence-electron chi connectivity index (χ1n) is 13.0. The summed E-state index contributed by atoms with van der Waals surface area (Å²) in [5, 5.41) is 8.76. The molecule has 1 aliphatic carbocycles. The van der Waals surface area contributed by atoms with Crippen molar-refractivity contribution in [2.45, 2.75) is 122 Å². The zero-order chi connectivity index (χ0) is 22.6. The Morgan fingerprint density at radius 3 is 1.97 bits per heavy atom. The minimum Gasteiger partial charge on any atom is -0.396 e. The van der Waals surface area contributed by atoms with Gasteiger partial charge in [0.15, 0.2) is 16.1 Å². The van der Waals surface area contributed by atoms with Gasteiger partial charge in [-0.1, -0.05) is 96.3 Å². The number of hydrogen-bond donors (Lipinski definition) is 1. The van der Waals surface area contributed by atoms with E-state index in [1.54, 1.807) is 7.11 Å². The summed E-state index contributed by atoms with van der Waals surface area (Å²) in [6.45, 7) is 0.528. The minimum absolute atomic E-state index is 0.0282. The van der Waals surface area contributed by atoms with Gasteiger partial charge in [0.05, 0.1) is 11.5 Å². The maximum atomic E-state index is 11.8. The lowest BCUT2D eigenvalue weighted by Crippen LogP contribution is -2.22. The maximum Gasteiger partial charge on any atom is 0.158 e. The van der Waals surface area contributed by atoms with Crippen LogP contribution in [0.15, 0.2) is 0 Å². The molecule has 0 radical (unpaired) electrons. The second-order valence-corrected chi connectivity index (χ2v) is 11.7. The molecule has 0 saturated heterocycles. The Morgan fingerprint density at radius 1 is 0.806 bits per heavy atom. The molecule has 0 spiro atoms. The minimum atomic E-state index is -3.13. The number of methoxy groups -OCH3 is 1. The third kappa shape index (κ3) is 17.0. The molecule has 0 aromatic rings. The molecule has 31 heavy (non-hydrogen) atoms. The van der Waals surface area contributed by atoms with Crippen LogP contribution in [0.25, 0.3) is 0 Å². The molecule has 1 unspecified atom stereocenters. The van der Waals surface area contributed by atoms with Crippen LogP contribution in [0.3, 0.4) is 0 Å². The first kappa shape index (κ1) is 28.9. The molecular weight excluding hydrogens is 412 g/mol. The zero-order valence-electron chi connectivity index (χ0n) is 20.2. The van der Waals surface area contributed by atoms with Crippen molar-refractivity contribution in [2.75, 3.05) is 31.8 Å². The standard InChI is InChI=1S/C25H50O5S/c1-29-25(19-23-31(27,28)22-15-20-26)30-21-14-9-7-5-3-2-4-6-8-11-16-24-17-12-10-13-18-24/h24-26H,2-23H2,1H3. The normalized spacial score (nSPS) is 16.6. The van der Waals surface area contributed by atoms with E-state index in [0.717, 1.165) is 18.8 Å². The molecule has 186 valence electrons. The summed E-state index contributed by atoms with van der Waals surface area (Å²) in [5.41, 5.74) is 0. The molecule has 1 fully saturated rings. The highest BCUT2D eigenvalue weighted by Crippen LogP contribution is 2.28. The maximum absolute atomic E-state index is 11.8. The Balaban J connectivity index is 1.85. The van der Waals surface area contributed by atoms with Gasteiger partial charge in [-0.15, -0.1) is 0 Å². The Kier molecular flexibility index (Phi) is 18.0. The van der Waals surface area contributed by atoms with Crippen LogP contribution in [0.1, 0.15) is 116 Å². The Bertz CT molecular complexity index is 488. The fraction of sp³-hybridized carbons (Fsp3) is 1.00. The molecule has 0 amide bonds. The van der Waals surface area contributed by atoms with Gasteiger partial charge in [0.25, 0.3) is 0 Å². The predicted octanol–water partition coefficient (Wildman–Crippen LogP) is 6.03. The molecule has 0 aliphatic heterocycles. The monoisotopic (exact) mass is 462 g/mol. The lowest BCUT2D eigenvalue weighted by Gasteiger charge is -2.21. The molecule has 5 nitrogen and oxygen atoms in total. The molecule has 1 atom stereocenters. The molecule has 1 saturated carbocycles. The number of aliphatic hydroxyl groups excluding tert-OH is 1. The fourth-order valence-corrected chi connectivity index (χ4v) is 5.90. The summed E-state index contributed by atoms with van der Waals surface area (Å²) in [6.07, 6.45) is 22.2. The molecule has 1 N–H and O–H groups in total. The van der Waals surface area contributed by atoms with E-state index in [1.165, 1.54) is 89.9 Å². The van der Waals surface area contributed by atoms with Gasteiger partial charge in [0.1, 0.15) is 0 Å². The summed E-state index contributed by atoms with van der Waals surface area (Å²) >= 11 is 0. The molecule has 0 bridgehead atoms. The SMILES string of the molecule is COC(CCS(=O)(=O)CCCO)OCCCCCCCCCCCCC1CCCCC1. The molecular formula is C25H50O5S. The number of rotatable bonds is 21. The van der Waals surface area contributed by atoms with Gasteiger partial charge in [-0.05, 0) is 18.8 Å². The van der Waals surface area contributed by atoms with E-state index in [-0.39, 0.29) is 18.1 Å². The Hall–Kier alpha value is -0.170. The lowest BCUT2D eigenvalue weighted by atomic mass is 9.85. The molecule has 6 heteroatoms. The van der Waals surface area contributed by atoms with Crippen molar-refractivity contribution in [2.24, 2.45) is 5.92 Å². The molecule has 1 aliphatic rings. The highest BCUT2D eigenvalue weighted by atomic mass is 32.2. The van der Waals surface area contributed by atoms with Crippen LogP contribution in [0, 0.1) is 5.92 Å². The van der Waals surface area contributed by atoms with E-state index in [0.29, 0.717) is 19.4 Å². The van der Waals surface area contributed by atoms with Crippen molar-refractivity contribution in [1.29, 1.82) is 0 Å². The predicted molar refractivity (Wildman–Crippen MR) is 129 cm³/mol. The summed E-state index contributed by atoms with van der Waals surface area (Å²) in [4.78, 5) is 0. The smallest absolute Gasteiger partial charge is 0.158 e. The Morgan fingerprint density at radius 2 is 1.39 bits per heavy atom. The van der Waals surface area contributed by atoms with Crippen LogP contribution in [0.5, 0.6) is 0 Å². The molecule has 0 aromatic carbocycles. The number of unbranched alkanes of at least 4 members (excludes halogenated alkanes) is 9. The van der Waals surface area contributed by atoms with Crippen LogP contribution in [0.2, 0.25) is 0 Å². The highest BCUT2D eigenvalue weighted by Gasteiger charge is 2.15. The molecule has 1 rings (SSSR count). The van der Waals surface area contributed by atoms with E-state index < -0.39 is 16.1 Å². The van der Waals surface area contributed by atoms with E-state index in [2.05, 4.69) is 0 Å². The van der Waals surface area contributed by atoms with E-state index in [1.807, 2.05) is 0 Å². The van der Waals surface area contributed by atoms with Gasteiger partial charge in [-0.25, -0.2) is 8.42 Å². The highest BCUT2D eigenvalue weighted by molar-refractivity contribution is 7.91. The van der Waals surface area contributed by atoms with Crippen molar-refractivity contribution in [3.8, 4) is 0 Å². The van der Waals surface area contributed by atoms with Crippen LogP contribution in [-0.4, -0.2) is 51.6 Å². The number of ether oxygens (including phenoxy) is 2. The van der Waals surface area contributed by atoms with Gasteiger partial charge in [-0.3, -0.25) is 0 Å². The van der Waals surface area contributed by atoms with Crippen molar-refractivity contribution < 1.29 is 23.0 Å². The largest absolute Gasteiger partial charge is 0.396 e. The third-order valence-electron chi connectivity index (χ3n) is 6.58. The van der Waals surface area contributed by atoms with Gasteiger partial charge in [0, 0.05) is 26.7 Å². The number of aliphatic hydroxyl groups is 1. The van der Waals surface area contributed by atoms with E-state index in [9.17, 15) is 8.42 Å². The summed E-state index contributed by atoms with van der Waals surface area (Å²) in [7, 11) is -1.57. The molecule has 0 aromatic heterocycles. The number of hydrogen-bond acceptors (Lipinski definition) is 5. The lowest BCUT2D eigenvalue weighted by molar-refractivity contribution is -0.124. The summed E-state index contributed by atoms with van der Waals surface area (Å²) in [6, 6.07) is 0. The van der Waals surface area contributed by atoms with Crippen LogP contribution in [-0.2, 0) is 19.3 Å². The summed E-state index contributed by atoms with van der Waals surface area (Å²) in [5.74, 6) is 1.12. The topological polar surface area (TPSA) is 72.8 Å². The van der Waals surface area contributed by atoms with Crippen LogP contribution >= 0.6 is 0 Å². The van der Waals surface area contributed by atoms with Gasteiger partial charge >= 0.3 is 0 Å². The van der Waals surface area contributed by atoms with Crippen molar-refractivity contribution in [1.82, 2.24) is 0 Å². The average Bonchev–Trinajstić information content (AvgIpc) is 2.78. The second-order valence-electron chi connectivity index (χ2n) is 9.38. The van der Waals surface area contributed by atoms with Crippen LogP contribution in [0.4, 0.5) is 0 Å². The molecule has 0 heterocycles. The Labute approximate surface area is 192 Å². The average molecular weight is 463 g/mol. The van der Waals surface area contributed by atoms with Gasteiger partial charge in [-0.2, -0.15) is 0 Å². The van der Waals surface area contributed by atoms with E-state index >= 15 is 0 Å². The van der Waals surface area contributed by atoms with Crippen LogP contribution < -0.4 is 0 Å². The van der Waals surface area contributed by atoms with Crippen molar-refractivity contribution in [3.05, 3.63) is 0 Å². The fourth-order valence-electron chi connectivity index (χ4n) is 4.57. The zero-order valence-corrected chi connectivity index (χ0v) is 21.0. The summed E-state index contributed by atoms with van der Waals surface area (Å²) < 4.78 is 34.6. The van der Waals surface area contributed by atoms with Gasteiger partial charge in [0.2, 0.25) is 0 Å². The second kappa shape index (κ2) is 19.3. The van der Waals surface area contributed by atoms with Crippen molar-refractivity contribution >= 4 is 9.84 Å². The van der Waals surface area contributed by atoms with E-state index in [4.69, 9.17) is 14.6 Å². The van der Waals surface area contributed by atoms with Crippen molar-refractivity contribution in [3.63, 3.8) is 0 Å². The number of sulfone groups is 1. The first-order chi connectivity index (χ1) is 15.1. The third-order valence-corrected chi connectivity index (χ3v) is 8.34. The first-order valence-corrected chi connectivity index (χ1v) is 14.8. The van der Waals surface area contributed by atoms with Gasteiger partial charge < -0.3 is 14.6 Å².